The maximum Gasteiger partial charge on any atom is 0.246 e. The van der Waals surface area contributed by atoms with Gasteiger partial charge in [-0.25, -0.2) is 17.2 Å². The fourth-order valence-corrected chi connectivity index (χ4v) is 6.08. The van der Waals surface area contributed by atoms with Crippen LogP contribution in [0.5, 0.6) is 0 Å². The van der Waals surface area contributed by atoms with Gasteiger partial charge < -0.3 is 5.32 Å². The molecule has 1 amide bonds. The largest absolute Gasteiger partial charge is 0.355 e. The van der Waals surface area contributed by atoms with Crippen molar-refractivity contribution in [3.8, 4) is 0 Å². The van der Waals surface area contributed by atoms with Crippen LogP contribution in [0.25, 0.3) is 0 Å². The van der Waals surface area contributed by atoms with Crippen molar-refractivity contribution in [2.75, 3.05) is 19.6 Å². The van der Waals surface area contributed by atoms with Gasteiger partial charge in [0.2, 0.25) is 15.9 Å². The zero-order valence-corrected chi connectivity index (χ0v) is 18.0. The quantitative estimate of drug-likeness (QED) is 0.734. The molecule has 0 spiro atoms. The Kier molecular flexibility index (Phi) is 6.12. The highest BCUT2D eigenvalue weighted by Crippen LogP contribution is 2.43. The number of carbonyl (C=O) groups is 1. The molecule has 8 heteroatoms. The Labute approximate surface area is 181 Å². The normalized spacial score (nSPS) is 19.5. The van der Waals surface area contributed by atoms with Crippen LogP contribution in [0.3, 0.4) is 0 Å². The third-order valence-corrected chi connectivity index (χ3v) is 8.55. The van der Waals surface area contributed by atoms with Crippen LogP contribution in [0.2, 0.25) is 0 Å². The lowest BCUT2D eigenvalue weighted by molar-refractivity contribution is -0.126. The van der Waals surface area contributed by atoms with Crippen LogP contribution < -0.4 is 5.32 Å². The van der Waals surface area contributed by atoms with Gasteiger partial charge >= 0.3 is 0 Å². The molecule has 0 aromatic heterocycles. The molecule has 2 aromatic carbocycles. The second-order valence-electron chi connectivity index (χ2n) is 8.47. The second-order valence-corrected chi connectivity index (χ2v) is 10.4. The number of carbonyl (C=O) groups excluding carboxylic acids is 1. The Balaban J connectivity index is 1.35. The molecule has 1 saturated carbocycles. The average molecular weight is 449 g/mol. The number of benzene rings is 2. The first-order chi connectivity index (χ1) is 14.8. The molecule has 2 aliphatic rings. The highest BCUT2D eigenvalue weighted by molar-refractivity contribution is 7.89. The van der Waals surface area contributed by atoms with Gasteiger partial charge in [-0.2, -0.15) is 4.31 Å². The number of nitrogens with one attached hydrogen (secondary N) is 1. The molecule has 1 aliphatic heterocycles. The number of halogens is 2. The molecule has 0 atom stereocenters. The van der Waals surface area contributed by atoms with E-state index in [-0.39, 0.29) is 30.3 Å². The van der Waals surface area contributed by atoms with E-state index in [1.54, 1.807) is 0 Å². The van der Waals surface area contributed by atoms with Gasteiger partial charge in [-0.15, -0.1) is 0 Å². The van der Waals surface area contributed by atoms with Crippen molar-refractivity contribution in [3.63, 3.8) is 0 Å². The van der Waals surface area contributed by atoms with Crippen LogP contribution in [-0.2, 0) is 20.2 Å². The summed E-state index contributed by atoms with van der Waals surface area (Å²) in [7, 11) is -4.14. The zero-order chi connectivity index (χ0) is 22.1. The maximum atomic E-state index is 14.0. The number of piperidine rings is 1. The first-order valence-electron chi connectivity index (χ1n) is 10.6. The highest BCUT2D eigenvalue weighted by atomic mass is 32.2. The van der Waals surface area contributed by atoms with Crippen molar-refractivity contribution in [3.05, 3.63) is 65.7 Å². The Morgan fingerprint density at radius 2 is 1.74 bits per heavy atom. The predicted molar refractivity (Wildman–Crippen MR) is 113 cm³/mol. The Morgan fingerprint density at radius 1 is 1.06 bits per heavy atom. The Hall–Kier alpha value is -2.32. The minimum Gasteiger partial charge on any atom is -0.355 e. The molecule has 1 N–H and O–H groups in total. The van der Waals surface area contributed by atoms with Crippen molar-refractivity contribution >= 4 is 15.9 Å². The van der Waals surface area contributed by atoms with Gasteiger partial charge in [-0.1, -0.05) is 36.8 Å². The minimum absolute atomic E-state index is 0.0180. The molecule has 5 nitrogen and oxygen atoms in total. The van der Waals surface area contributed by atoms with E-state index in [1.165, 1.54) is 5.56 Å². The molecule has 0 unspecified atom stereocenters. The summed E-state index contributed by atoms with van der Waals surface area (Å²) in [5.41, 5.74) is 1.22. The van der Waals surface area contributed by atoms with Gasteiger partial charge in [0.25, 0.3) is 0 Å². The number of hydrogen-bond acceptors (Lipinski definition) is 3. The molecule has 2 fully saturated rings. The van der Waals surface area contributed by atoms with Crippen LogP contribution in [0.4, 0.5) is 8.78 Å². The van der Waals surface area contributed by atoms with Gasteiger partial charge in [0.15, 0.2) is 0 Å². The van der Waals surface area contributed by atoms with Gasteiger partial charge in [0, 0.05) is 31.0 Å². The summed E-state index contributed by atoms with van der Waals surface area (Å²) in [5.74, 6) is -2.15. The molecule has 31 heavy (non-hydrogen) atoms. The lowest BCUT2D eigenvalue weighted by Gasteiger charge is -2.43. The summed E-state index contributed by atoms with van der Waals surface area (Å²) in [4.78, 5) is 12.1. The summed E-state index contributed by atoms with van der Waals surface area (Å²) < 4.78 is 54.0. The predicted octanol–water partition coefficient (Wildman–Crippen LogP) is 3.60. The topological polar surface area (TPSA) is 66.5 Å². The number of amides is 1. The van der Waals surface area contributed by atoms with Gasteiger partial charge in [-0.3, -0.25) is 4.79 Å². The van der Waals surface area contributed by atoms with Crippen LogP contribution in [-0.4, -0.2) is 38.3 Å². The molecule has 166 valence electrons. The molecule has 4 rings (SSSR count). The van der Waals surface area contributed by atoms with Crippen LogP contribution in [0.15, 0.2) is 53.4 Å². The van der Waals surface area contributed by atoms with Crippen molar-refractivity contribution < 1.29 is 22.0 Å². The molecule has 1 saturated heterocycles. The average Bonchev–Trinajstić information content (AvgIpc) is 2.75. The lowest BCUT2D eigenvalue weighted by atomic mass is 9.64. The monoisotopic (exact) mass is 448 g/mol. The first-order valence-corrected chi connectivity index (χ1v) is 12.0. The Morgan fingerprint density at radius 3 is 2.35 bits per heavy atom. The highest BCUT2D eigenvalue weighted by Gasteiger charge is 2.40. The number of sulfonamides is 1. The van der Waals surface area contributed by atoms with E-state index < -0.39 is 26.6 Å². The third-order valence-electron chi connectivity index (χ3n) is 6.63. The molecule has 0 bridgehead atoms. The summed E-state index contributed by atoms with van der Waals surface area (Å²) in [6, 6.07) is 12.6. The minimum atomic E-state index is -4.14. The van der Waals surface area contributed by atoms with Crippen molar-refractivity contribution in [1.29, 1.82) is 0 Å². The van der Waals surface area contributed by atoms with Crippen LogP contribution in [0.1, 0.15) is 37.7 Å². The number of rotatable bonds is 6. The van der Waals surface area contributed by atoms with E-state index in [0.717, 1.165) is 35.7 Å². The van der Waals surface area contributed by atoms with Crippen molar-refractivity contribution in [1.82, 2.24) is 9.62 Å². The molecule has 1 heterocycles. The maximum absolute atomic E-state index is 14.0. The van der Waals surface area contributed by atoms with Gasteiger partial charge in [0.05, 0.1) is 0 Å². The standard InChI is InChI=1S/C23H26F2N2O3S/c24-19-7-8-20(25)21(15-19)31(29,30)27-13-9-17(10-14-27)22(28)26-16-23(11-4-12-23)18-5-2-1-3-6-18/h1-3,5-8,15,17H,4,9-14,16H2,(H,26,28). The number of nitrogens with zero attached hydrogens (tertiary/aromatic N) is 1. The molecular formula is C23H26F2N2O3S. The Bertz CT molecular complexity index is 1050. The zero-order valence-electron chi connectivity index (χ0n) is 17.2. The summed E-state index contributed by atoms with van der Waals surface area (Å²) >= 11 is 0. The molecule has 2 aromatic rings. The number of hydrogen-bond donors (Lipinski definition) is 1. The van der Waals surface area contributed by atoms with Crippen LogP contribution in [0, 0.1) is 17.6 Å². The fourth-order valence-electron chi connectivity index (χ4n) is 4.54. The molecule has 1 aliphatic carbocycles. The fraction of sp³-hybridized carbons (Fsp3) is 0.435. The van der Waals surface area contributed by atoms with E-state index in [2.05, 4.69) is 17.4 Å². The van der Waals surface area contributed by atoms with E-state index >= 15 is 0 Å². The summed E-state index contributed by atoms with van der Waals surface area (Å²) in [5, 5.41) is 3.08. The third kappa shape index (κ3) is 4.36. The lowest BCUT2D eigenvalue weighted by Crippen LogP contribution is -2.48. The molecular weight excluding hydrogens is 422 g/mol. The van der Waals surface area contributed by atoms with Crippen molar-refractivity contribution in [2.24, 2.45) is 5.92 Å². The second kappa shape index (κ2) is 8.67. The summed E-state index contributed by atoms with van der Waals surface area (Å²) in [6.45, 7) is 0.767. The van der Waals surface area contributed by atoms with Gasteiger partial charge in [0.1, 0.15) is 16.5 Å². The van der Waals surface area contributed by atoms with E-state index in [4.69, 9.17) is 0 Å². The van der Waals surface area contributed by atoms with E-state index in [0.29, 0.717) is 25.5 Å². The van der Waals surface area contributed by atoms with E-state index in [9.17, 15) is 22.0 Å². The van der Waals surface area contributed by atoms with E-state index in [1.807, 2.05) is 18.2 Å². The summed E-state index contributed by atoms with van der Waals surface area (Å²) in [6.07, 6.45) is 3.90. The SMILES string of the molecule is O=C(NCC1(c2ccccc2)CCC1)C1CCN(S(=O)(=O)c2cc(F)ccc2F)CC1. The first kappa shape index (κ1) is 21.9. The molecule has 0 radical (unpaired) electrons. The van der Waals surface area contributed by atoms with Gasteiger partial charge in [-0.05, 0) is 49.4 Å². The van der Waals surface area contributed by atoms with Crippen LogP contribution >= 0.6 is 0 Å². The smallest absolute Gasteiger partial charge is 0.246 e. The van der Waals surface area contributed by atoms with Crippen molar-refractivity contribution in [2.45, 2.75) is 42.4 Å².